The molecule has 2 aromatic carbocycles. The molecule has 1 aliphatic heterocycles. The van der Waals surface area contributed by atoms with Gasteiger partial charge in [-0.25, -0.2) is 4.99 Å². The second-order valence-corrected chi connectivity index (χ2v) is 6.27. The predicted octanol–water partition coefficient (Wildman–Crippen LogP) is 3.73. The molecule has 0 aliphatic carbocycles. The minimum atomic E-state index is -0.469. The van der Waals surface area contributed by atoms with Crippen molar-refractivity contribution in [3.8, 4) is 0 Å². The summed E-state index contributed by atoms with van der Waals surface area (Å²) in [7, 11) is 1.33. The molecular weight excluding hydrogens is 290 g/mol. The molecule has 0 unspecified atom stereocenters. The Balaban J connectivity index is 1.98. The monoisotopic (exact) mass is 309 g/mol. The van der Waals surface area contributed by atoms with Crippen molar-refractivity contribution in [2.75, 3.05) is 7.11 Å². The fourth-order valence-electron chi connectivity index (χ4n) is 3.24. The van der Waals surface area contributed by atoms with Crippen molar-refractivity contribution >= 4 is 33.9 Å². The fraction of sp³-hybridized carbons (Fsp3) is 0.316. The number of rotatable bonds is 4. The molecule has 23 heavy (non-hydrogen) atoms. The van der Waals surface area contributed by atoms with Crippen LogP contribution in [-0.4, -0.2) is 24.6 Å². The van der Waals surface area contributed by atoms with E-state index in [0.29, 0.717) is 5.71 Å². The van der Waals surface area contributed by atoms with E-state index < -0.39 is 5.41 Å². The van der Waals surface area contributed by atoms with E-state index in [1.54, 1.807) is 0 Å². The third kappa shape index (κ3) is 2.54. The summed E-state index contributed by atoms with van der Waals surface area (Å²) in [5.74, 6) is -0.474. The molecule has 0 aromatic heterocycles. The number of carbonyl (C=O) groups is 2. The van der Waals surface area contributed by atoms with Crippen LogP contribution in [0.3, 0.4) is 0 Å². The molecule has 0 atom stereocenters. The van der Waals surface area contributed by atoms with Crippen LogP contribution in [0.15, 0.2) is 41.4 Å². The molecule has 0 N–H and O–H groups in total. The van der Waals surface area contributed by atoms with E-state index in [-0.39, 0.29) is 24.6 Å². The van der Waals surface area contributed by atoms with E-state index in [4.69, 9.17) is 0 Å². The number of esters is 1. The van der Waals surface area contributed by atoms with Gasteiger partial charge < -0.3 is 4.74 Å². The zero-order valence-electron chi connectivity index (χ0n) is 13.6. The molecule has 4 heteroatoms. The van der Waals surface area contributed by atoms with E-state index >= 15 is 0 Å². The first-order chi connectivity index (χ1) is 10.9. The van der Waals surface area contributed by atoms with Crippen molar-refractivity contribution in [3.63, 3.8) is 0 Å². The number of carbonyl (C=O) groups excluding carboxylic acids is 2. The highest BCUT2D eigenvalue weighted by Crippen LogP contribution is 2.44. The Morgan fingerprint density at radius 2 is 1.83 bits per heavy atom. The van der Waals surface area contributed by atoms with Gasteiger partial charge in [-0.15, -0.1) is 0 Å². The largest absolute Gasteiger partial charge is 0.469 e. The van der Waals surface area contributed by atoms with Crippen LogP contribution < -0.4 is 0 Å². The van der Waals surface area contributed by atoms with Crippen molar-refractivity contribution < 1.29 is 14.3 Å². The lowest BCUT2D eigenvalue weighted by Crippen LogP contribution is -2.32. The van der Waals surface area contributed by atoms with Gasteiger partial charge in [0.05, 0.1) is 24.9 Å². The molecule has 1 aliphatic rings. The maximum atomic E-state index is 12.5. The van der Waals surface area contributed by atoms with Gasteiger partial charge in [-0.1, -0.05) is 30.3 Å². The number of ether oxygens (including phenoxy) is 1. The molecule has 0 spiro atoms. The zero-order chi connectivity index (χ0) is 16.6. The maximum absolute atomic E-state index is 12.5. The SMILES string of the molecule is COC(=O)CCC(=O)C1=Nc2ccc3ccccc3c2C1(C)C. The number of nitrogens with zero attached hydrogens (tertiary/aromatic N) is 1. The highest BCUT2D eigenvalue weighted by Gasteiger charge is 2.39. The smallest absolute Gasteiger partial charge is 0.305 e. The number of hydrogen-bond acceptors (Lipinski definition) is 4. The van der Waals surface area contributed by atoms with Gasteiger partial charge in [-0.3, -0.25) is 9.59 Å². The molecule has 1 heterocycles. The van der Waals surface area contributed by atoms with Crippen molar-refractivity contribution in [3.05, 3.63) is 42.0 Å². The number of hydrogen-bond donors (Lipinski definition) is 0. The number of aliphatic imine (C=N–C) groups is 1. The third-order valence-electron chi connectivity index (χ3n) is 4.40. The summed E-state index contributed by atoms with van der Waals surface area (Å²) in [5, 5.41) is 2.26. The van der Waals surface area contributed by atoms with E-state index in [0.717, 1.165) is 22.0 Å². The second-order valence-electron chi connectivity index (χ2n) is 6.27. The highest BCUT2D eigenvalue weighted by molar-refractivity contribution is 6.45. The average molecular weight is 309 g/mol. The molecule has 0 amide bonds. The lowest BCUT2D eigenvalue weighted by Gasteiger charge is -2.23. The Labute approximate surface area is 135 Å². The summed E-state index contributed by atoms with van der Waals surface area (Å²) in [6.45, 7) is 4.03. The molecule has 0 saturated heterocycles. The third-order valence-corrected chi connectivity index (χ3v) is 4.40. The van der Waals surface area contributed by atoms with Gasteiger partial charge >= 0.3 is 5.97 Å². The topological polar surface area (TPSA) is 55.7 Å². The Morgan fingerprint density at radius 1 is 1.09 bits per heavy atom. The standard InChI is InChI=1S/C19H19NO3/c1-19(2)17-13-7-5-4-6-12(13)8-9-14(17)20-18(19)15(21)10-11-16(22)23-3/h4-9H,10-11H2,1-3H3. The maximum Gasteiger partial charge on any atom is 0.305 e. The molecular formula is C19H19NO3. The minimum Gasteiger partial charge on any atom is -0.469 e. The van der Waals surface area contributed by atoms with Crippen LogP contribution in [0.2, 0.25) is 0 Å². The molecule has 118 valence electrons. The summed E-state index contributed by atoms with van der Waals surface area (Å²) in [5.41, 5.74) is 1.98. The van der Waals surface area contributed by atoms with Crippen LogP contribution in [-0.2, 0) is 19.7 Å². The Kier molecular flexibility index (Phi) is 3.76. The number of methoxy groups -OCH3 is 1. The van der Waals surface area contributed by atoms with Crippen LogP contribution in [0.5, 0.6) is 0 Å². The zero-order valence-corrected chi connectivity index (χ0v) is 13.6. The van der Waals surface area contributed by atoms with E-state index in [1.165, 1.54) is 7.11 Å². The van der Waals surface area contributed by atoms with Gasteiger partial charge in [0.15, 0.2) is 5.78 Å². The summed E-state index contributed by atoms with van der Waals surface area (Å²) in [4.78, 5) is 28.4. The van der Waals surface area contributed by atoms with Crippen LogP contribution in [0, 0.1) is 0 Å². The summed E-state index contributed by atoms with van der Waals surface area (Å²) in [6.07, 6.45) is 0.211. The average Bonchev–Trinajstić information content (AvgIpc) is 2.83. The van der Waals surface area contributed by atoms with Gasteiger partial charge in [-0.05, 0) is 36.2 Å². The van der Waals surface area contributed by atoms with Crippen LogP contribution in [0.4, 0.5) is 5.69 Å². The quantitative estimate of drug-likeness (QED) is 0.809. The number of fused-ring (bicyclic) bond motifs is 3. The second kappa shape index (κ2) is 5.61. The van der Waals surface area contributed by atoms with E-state index in [9.17, 15) is 9.59 Å². The minimum absolute atomic E-state index is 0.0848. The van der Waals surface area contributed by atoms with Crippen molar-refractivity contribution in [1.82, 2.24) is 0 Å². The Hall–Kier alpha value is -2.49. The van der Waals surface area contributed by atoms with Crippen molar-refractivity contribution in [1.29, 1.82) is 0 Å². The molecule has 0 fully saturated rings. The van der Waals surface area contributed by atoms with E-state index in [1.807, 2.05) is 38.1 Å². The molecule has 0 radical (unpaired) electrons. The van der Waals surface area contributed by atoms with Gasteiger partial charge in [0.25, 0.3) is 0 Å². The molecule has 0 bridgehead atoms. The fourth-order valence-corrected chi connectivity index (χ4v) is 3.24. The normalized spacial score (nSPS) is 15.2. The number of ketones is 1. The van der Waals surface area contributed by atoms with Crippen molar-refractivity contribution in [2.24, 2.45) is 4.99 Å². The summed E-state index contributed by atoms with van der Waals surface area (Å²) < 4.78 is 4.60. The predicted molar refractivity (Wildman–Crippen MR) is 90.3 cm³/mol. The lowest BCUT2D eigenvalue weighted by molar-refractivity contribution is -0.141. The molecule has 2 aromatic rings. The summed E-state index contributed by atoms with van der Waals surface area (Å²) in [6, 6.07) is 12.1. The first kappa shape index (κ1) is 15.4. The van der Waals surface area contributed by atoms with Gasteiger partial charge in [0.1, 0.15) is 0 Å². The van der Waals surface area contributed by atoms with Gasteiger partial charge in [-0.2, -0.15) is 0 Å². The van der Waals surface area contributed by atoms with E-state index in [2.05, 4.69) is 21.9 Å². The first-order valence-corrected chi connectivity index (χ1v) is 7.66. The van der Waals surface area contributed by atoms with Crippen LogP contribution in [0.25, 0.3) is 10.8 Å². The Bertz CT molecular complexity index is 834. The summed E-state index contributed by atoms with van der Waals surface area (Å²) >= 11 is 0. The highest BCUT2D eigenvalue weighted by atomic mass is 16.5. The first-order valence-electron chi connectivity index (χ1n) is 7.66. The Morgan fingerprint density at radius 3 is 2.57 bits per heavy atom. The number of Topliss-reactive ketones (excluding diaryl/α,β-unsaturated/α-hetero) is 1. The van der Waals surface area contributed by atoms with Crippen LogP contribution in [0.1, 0.15) is 32.3 Å². The molecule has 3 rings (SSSR count). The van der Waals surface area contributed by atoms with Gasteiger partial charge in [0.2, 0.25) is 0 Å². The lowest BCUT2D eigenvalue weighted by atomic mass is 9.77. The van der Waals surface area contributed by atoms with Crippen LogP contribution >= 0.6 is 0 Å². The van der Waals surface area contributed by atoms with Gasteiger partial charge in [0, 0.05) is 11.8 Å². The molecule has 4 nitrogen and oxygen atoms in total. The number of benzene rings is 2. The molecule has 0 saturated carbocycles. The van der Waals surface area contributed by atoms with Crippen molar-refractivity contribution in [2.45, 2.75) is 32.1 Å².